The van der Waals surface area contributed by atoms with Crippen molar-refractivity contribution < 1.29 is 0 Å². The Labute approximate surface area is 222 Å². The second-order valence-corrected chi connectivity index (χ2v) is 9.03. The summed E-state index contributed by atoms with van der Waals surface area (Å²) in [6, 6.07) is 48.9. The zero-order valence-corrected chi connectivity index (χ0v) is 21.8. The predicted octanol–water partition coefficient (Wildman–Crippen LogP) is 5.99. The summed E-state index contributed by atoms with van der Waals surface area (Å²) in [5.41, 5.74) is 8.63. The van der Waals surface area contributed by atoms with Crippen molar-refractivity contribution in [3.8, 4) is 23.0 Å². The van der Waals surface area contributed by atoms with Gasteiger partial charge in [0.05, 0.1) is 0 Å². The SMILES string of the molecule is CC#Cc1ccc(B(c2ccccc2)c2ccccc2)c(-c2ccccc2)c1.CN(C)c1ccccc1. The molecule has 0 aliphatic rings. The highest BCUT2D eigenvalue weighted by atomic mass is 15.1. The van der Waals surface area contributed by atoms with E-state index in [0.717, 1.165) is 5.56 Å². The highest BCUT2D eigenvalue weighted by Gasteiger charge is 2.24. The second kappa shape index (κ2) is 13.0. The minimum absolute atomic E-state index is 0.168. The number of hydrogen-bond acceptors (Lipinski definition) is 1. The summed E-state index contributed by atoms with van der Waals surface area (Å²) in [6.45, 7) is 2.05. The molecule has 5 aromatic carbocycles. The van der Waals surface area contributed by atoms with E-state index in [4.69, 9.17) is 0 Å². The fraction of sp³-hybridized carbons (Fsp3) is 0.0857. The maximum absolute atomic E-state index is 3.21. The molecule has 5 aromatic rings. The van der Waals surface area contributed by atoms with Gasteiger partial charge in [0, 0.05) is 25.3 Å². The minimum Gasteiger partial charge on any atom is -0.378 e. The third-order valence-electron chi connectivity index (χ3n) is 6.26. The van der Waals surface area contributed by atoms with Crippen LogP contribution in [0.25, 0.3) is 11.1 Å². The van der Waals surface area contributed by atoms with Crippen molar-refractivity contribution in [2.45, 2.75) is 6.92 Å². The summed E-state index contributed by atoms with van der Waals surface area (Å²) in [5.74, 6) is 6.24. The van der Waals surface area contributed by atoms with Crippen LogP contribution in [-0.4, -0.2) is 20.8 Å². The minimum atomic E-state index is 0.168. The van der Waals surface area contributed by atoms with Crippen LogP contribution in [0.4, 0.5) is 5.69 Å². The van der Waals surface area contributed by atoms with Gasteiger partial charge >= 0.3 is 0 Å². The lowest BCUT2D eigenvalue weighted by Gasteiger charge is -2.20. The van der Waals surface area contributed by atoms with Gasteiger partial charge in [0.2, 0.25) is 6.71 Å². The number of benzene rings is 5. The topological polar surface area (TPSA) is 3.24 Å². The zero-order chi connectivity index (χ0) is 25.9. The van der Waals surface area contributed by atoms with E-state index in [-0.39, 0.29) is 6.71 Å². The second-order valence-electron chi connectivity index (χ2n) is 9.03. The standard InChI is InChI=1S/C27H21B.C8H11N/c1-2-12-22-19-20-27(26(21-22)23-13-6-3-7-14-23)28(24-15-8-4-9-16-24)25-17-10-5-11-18-25;1-9(2)8-6-4-3-5-7-8/h3-11,13-21H,1H3;3-7H,1-2H3. The lowest BCUT2D eigenvalue weighted by atomic mass is 9.36. The van der Waals surface area contributed by atoms with Crippen LogP contribution in [0.15, 0.2) is 140 Å². The average Bonchev–Trinajstić information content (AvgIpc) is 2.96. The van der Waals surface area contributed by atoms with Crippen LogP contribution in [0, 0.1) is 11.8 Å². The van der Waals surface area contributed by atoms with Crippen molar-refractivity contribution in [1.29, 1.82) is 0 Å². The van der Waals surface area contributed by atoms with Gasteiger partial charge in [-0.25, -0.2) is 0 Å². The molecule has 37 heavy (non-hydrogen) atoms. The van der Waals surface area contributed by atoms with E-state index >= 15 is 0 Å². The molecule has 0 spiro atoms. The van der Waals surface area contributed by atoms with Crippen LogP contribution in [0.1, 0.15) is 12.5 Å². The molecule has 0 saturated heterocycles. The average molecular weight is 477 g/mol. The molecule has 0 amide bonds. The lowest BCUT2D eigenvalue weighted by Crippen LogP contribution is -2.52. The summed E-state index contributed by atoms with van der Waals surface area (Å²) in [7, 11) is 4.07. The van der Waals surface area contributed by atoms with E-state index in [1.54, 1.807) is 0 Å². The zero-order valence-electron chi connectivity index (χ0n) is 21.8. The molecule has 0 saturated carbocycles. The molecule has 0 aliphatic carbocycles. The Morgan fingerprint density at radius 1 is 0.568 bits per heavy atom. The van der Waals surface area contributed by atoms with E-state index < -0.39 is 0 Å². The molecule has 0 radical (unpaired) electrons. The van der Waals surface area contributed by atoms with Crippen molar-refractivity contribution in [1.82, 2.24) is 0 Å². The van der Waals surface area contributed by atoms with E-state index in [9.17, 15) is 0 Å². The van der Waals surface area contributed by atoms with E-state index in [1.807, 2.05) is 39.2 Å². The summed E-state index contributed by atoms with van der Waals surface area (Å²) >= 11 is 0. The Hall–Kier alpha value is -4.48. The van der Waals surface area contributed by atoms with Crippen LogP contribution < -0.4 is 21.3 Å². The molecule has 2 heteroatoms. The van der Waals surface area contributed by atoms with Gasteiger partial charge in [-0.2, -0.15) is 0 Å². The Bertz CT molecular complexity index is 1400. The Morgan fingerprint density at radius 2 is 1.05 bits per heavy atom. The van der Waals surface area contributed by atoms with Gasteiger partial charge in [-0.1, -0.05) is 138 Å². The third kappa shape index (κ3) is 6.81. The van der Waals surface area contributed by atoms with Crippen molar-refractivity contribution in [3.63, 3.8) is 0 Å². The van der Waals surface area contributed by atoms with Crippen LogP contribution in [-0.2, 0) is 0 Å². The Morgan fingerprint density at radius 3 is 1.51 bits per heavy atom. The van der Waals surface area contributed by atoms with Crippen molar-refractivity contribution >= 4 is 28.8 Å². The molecule has 180 valence electrons. The number of para-hydroxylation sites is 1. The van der Waals surface area contributed by atoms with Gasteiger partial charge in [-0.15, -0.1) is 5.92 Å². The highest BCUT2D eigenvalue weighted by Crippen LogP contribution is 2.19. The van der Waals surface area contributed by atoms with Crippen molar-refractivity contribution in [2.75, 3.05) is 19.0 Å². The lowest BCUT2D eigenvalue weighted by molar-refractivity contribution is 1.13. The largest absolute Gasteiger partial charge is 0.378 e. The fourth-order valence-corrected chi connectivity index (χ4v) is 4.47. The van der Waals surface area contributed by atoms with Crippen LogP contribution >= 0.6 is 0 Å². The Balaban J connectivity index is 0.000000301. The van der Waals surface area contributed by atoms with E-state index in [1.165, 1.54) is 33.2 Å². The molecular formula is C35H32BN. The molecule has 1 nitrogen and oxygen atoms in total. The van der Waals surface area contributed by atoms with Crippen LogP contribution in [0.5, 0.6) is 0 Å². The van der Waals surface area contributed by atoms with Gasteiger partial charge in [-0.05, 0) is 42.3 Å². The van der Waals surface area contributed by atoms with Gasteiger partial charge in [0.1, 0.15) is 0 Å². The molecule has 0 bridgehead atoms. The van der Waals surface area contributed by atoms with Gasteiger partial charge in [0.15, 0.2) is 0 Å². The first-order valence-electron chi connectivity index (χ1n) is 12.6. The monoisotopic (exact) mass is 477 g/mol. The molecular weight excluding hydrogens is 445 g/mol. The van der Waals surface area contributed by atoms with Gasteiger partial charge < -0.3 is 4.90 Å². The first-order chi connectivity index (χ1) is 18.2. The Kier molecular flexibility index (Phi) is 9.00. The molecule has 0 N–H and O–H groups in total. The summed E-state index contributed by atoms with van der Waals surface area (Å²) in [4.78, 5) is 2.08. The summed E-state index contributed by atoms with van der Waals surface area (Å²) in [5, 5.41) is 0. The fourth-order valence-electron chi connectivity index (χ4n) is 4.47. The van der Waals surface area contributed by atoms with Crippen LogP contribution in [0.2, 0.25) is 0 Å². The van der Waals surface area contributed by atoms with Crippen molar-refractivity contribution in [2.24, 2.45) is 0 Å². The smallest absolute Gasteiger partial charge is 0.241 e. The maximum Gasteiger partial charge on any atom is 0.241 e. The van der Waals surface area contributed by atoms with E-state index in [0.29, 0.717) is 0 Å². The first kappa shape index (κ1) is 25.6. The van der Waals surface area contributed by atoms with Gasteiger partial charge in [0.25, 0.3) is 0 Å². The summed E-state index contributed by atoms with van der Waals surface area (Å²) in [6.07, 6.45) is 0. The number of hydrogen-bond donors (Lipinski definition) is 0. The molecule has 0 unspecified atom stereocenters. The molecule has 0 atom stereocenters. The number of nitrogens with zero attached hydrogens (tertiary/aromatic N) is 1. The third-order valence-corrected chi connectivity index (χ3v) is 6.26. The first-order valence-corrected chi connectivity index (χ1v) is 12.6. The van der Waals surface area contributed by atoms with Crippen molar-refractivity contribution in [3.05, 3.63) is 145 Å². The van der Waals surface area contributed by atoms with Gasteiger partial charge in [-0.3, -0.25) is 0 Å². The van der Waals surface area contributed by atoms with Crippen LogP contribution in [0.3, 0.4) is 0 Å². The quantitative estimate of drug-likeness (QED) is 0.222. The number of rotatable bonds is 5. The predicted molar refractivity (Wildman–Crippen MR) is 163 cm³/mol. The maximum atomic E-state index is 3.21. The molecule has 5 rings (SSSR count). The molecule has 0 heterocycles. The normalized spacial score (nSPS) is 9.81. The highest BCUT2D eigenvalue weighted by molar-refractivity contribution is 6.96. The molecule has 0 aromatic heterocycles. The van der Waals surface area contributed by atoms with E-state index in [2.05, 4.69) is 138 Å². The molecule has 0 fully saturated rings. The summed E-state index contributed by atoms with van der Waals surface area (Å²) < 4.78 is 0. The molecule has 0 aliphatic heterocycles. The number of anilines is 1.